The van der Waals surface area contributed by atoms with Gasteiger partial charge in [-0.25, -0.2) is 8.78 Å². The van der Waals surface area contributed by atoms with Crippen LogP contribution in [0.1, 0.15) is 17.3 Å². The molecule has 4 nitrogen and oxygen atoms in total. The van der Waals surface area contributed by atoms with Gasteiger partial charge in [-0.05, 0) is 31.2 Å². The summed E-state index contributed by atoms with van der Waals surface area (Å²) in [6, 6.07) is 3.83. The minimum atomic E-state index is -0.834. The van der Waals surface area contributed by atoms with Crippen LogP contribution in [0.3, 0.4) is 0 Å². The fourth-order valence-corrected chi connectivity index (χ4v) is 1.78. The van der Waals surface area contributed by atoms with Crippen LogP contribution in [0.15, 0.2) is 24.4 Å². The molecule has 0 saturated carbocycles. The Kier molecular flexibility index (Phi) is 3.66. The van der Waals surface area contributed by atoms with E-state index in [0.717, 1.165) is 11.8 Å². The molecule has 18 heavy (non-hydrogen) atoms. The Morgan fingerprint density at radius 2 is 2.11 bits per heavy atom. The fraction of sp³-hybridized carbons (Fsp3) is 0.333. The van der Waals surface area contributed by atoms with Crippen LogP contribution in [0.25, 0.3) is 0 Å². The topological polar surface area (TPSA) is 42.7 Å². The van der Waals surface area contributed by atoms with Crippen LogP contribution in [-0.4, -0.2) is 22.0 Å². The minimum Gasteiger partial charge on any atom is -0.311 e. The third kappa shape index (κ3) is 2.70. The first-order valence-corrected chi connectivity index (χ1v) is 5.57. The lowest BCUT2D eigenvalue weighted by Gasteiger charge is -2.13. The molecular weight excluding hydrogens is 238 g/mol. The number of hydrogen-bond donors (Lipinski definition) is 1. The lowest BCUT2D eigenvalue weighted by molar-refractivity contribution is 0.503. The summed E-state index contributed by atoms with van der Waals surface area (Å²) < 4.78 is 25.9. The summed E-state index contributed by atoms with van der Waals surface area (Å²) in [5.41, 5.74) is 1.48. The molecule has 96 valence electrons. The van der Waals surface area contributed by atoms with Gasteiger partial charge in [0, 0.05) is 7.05 Å². The Morgan fingerprint density at radius 1 is 1.33 bits per heavy atom. The first kappa shape index (κ1) is 12.6. The van der Waals surface area contributed by atoms with E-state index in [1.54, 1.807) is 26.4 Å². The zero-order valence-electron chi connectivity index (χ0n) is 10.2. The van der Waals surface area contributed by atoms with Crippen LogP contribution in [-0.2, 0) is 13.5 Å². The molecule has 0 bridgehead atoms. The second kappa shape index (κ2) is 5.22. The van der Waals surface area contributed by atoms with E-state index < -0.39 is 11.6 Å². The van der Waals surface area contributed by atoms with E-state index in [4.69, 9.17) is 0 Å². The van der Waals surface area contributed by atoms with Gasteiger partial charge in [-0.3, -0.25) is 0 Å². The highest BCUT2D eigenvalue weighted by atomic mass is 19.2. The molecule has 0 radical (unpaired) electrons. The third-order valence-electron chi connectivity index (χ3n) is 2.75. The van der Waals surface area contributed by atoms with Crippen LogP contribution in [0.2, 0.25) is 0 Å². The van der Waals surface area contributed by atoms with E-state index in [-0.39, 0.29) is 6.04 Å². The molecular formula is C12H14F2N4. The SMILES string of the molecule is CNC(Cc1ccc(F)c(F)c1)c1cnn(C)n1. The van der Waals surface area contributed by atoms with Crippen molar-refractivity contribution in [1.29, 1.82) is 0 Å². The number of benzene rings is 1. The number of rotatable bonds is 4. The molecule has 0 aliphatic rings. The number of nitrogens with zero attached hydrogens (tertiary/aromatic N) is 3. The fourth-order valence-electron chi connectivity index (χ4n) is 1.78. The maximum absolute atomic E-state index is 13.1. The van der Waals surface area contributed by atoms with Gasteiger partial charge in [0.1, 0.15) is 0 Å². The van der Waals surface area contributed by atoms with Gasteiger partial charge in [-0.1, -0.05) is 6.07 Å². The quantitative estimate of drug-likeness (QED) is 0.898. The zero-order chi connectivity index (χ0) is 13.1. The Morgan fingerprint density at radius 3 is 2.67 bits per heavy atom. The Bertz CT molecular complexity index is 539. The van der Waals surface area contributed by atoms with Crippen molar-refractivity contribution in [1.82, 2.24) is 20.3 Å². The summed E-state index contributed by atoms with van der Waals surface area (Å²) in [6.07, 6.45) is 2.17. The molecule has 0 fully saturated rings. The Balaban J connectivity index is 2.17. The molecule has 1 heterocycles. The maximum Gasteiger partial charge on any atom is 0.159 e. The largest absolute Gasteiger partial charge is 0.311 e. The summed E-state index contributed by atoms with van der Waals surface area (Å²) >= 11 is 0. The van der Waals surface area contributed by atoms with Crippen LogP contribution < -0.4 is 5.32 Å². The van der Waals surface area contributed by atoms with Gasteiger partial charge in [0.15, 0.2) is 11.6 Å². The van der Waals surface area contributed by atoms with Gasteiger partial charge in [0.05, 0.1) is 17.9 Å². The molecule has 0 saturated heterocycles. The molecule has 0 amide bonds. The van der Waals surface area contributed by atoms with E-state index in [0.29, 0.717) is 12.0 Å². The molecule has 1 atom stereocenters. The van der Waals surface area contributed by atoms with E-state index in [2.05, 4.69) is 15.5 Å². The number of halogens is 2. The normalized spacial score (nSPS) is 12.7. The minimum absolute atomic E-state index is 0.0800. The molecule has 1 aromatic heterocycles. The van der Waals surface area contributed by atoms with Crippen LogP contribution in [0, 0.1) is 11.6 Å². The van der Waals surface area contributed by atoms with E-state index in [1.807, 2.05) is 0 Å². The molecule has 2 aromatic rings. The van der Waals surface area contributed by atoms with Crippen molar-refractivity contribution in [2.24, 2.45) is 7.05 Å². The van der Waals surface area contributed by atoms with Gasteiger partial charge in [-0.2, -0.15) is 15.0 Å². The van der Waals surface area contributed by atoms with Crippen LogP contribution in [0.4, 0.5) is 8.78 Å². The molecule has 2 rings (SSSR count). The van der Waals surface area contributed by atoms with Gasteiger partial charge < -0.3 is 5.32 Å². The van der Waals surface area contributed by atoms with Crippen molar-refractivity contribution in [3.05, 3.63) is 47.3 Å². The average molecular weight is 252 g/mol. The molecule has 1 N–H and O–H groups in total. The van der Waals surface area contributed by atoms with E-state index in [9.17, 15) is 8.78 Å². The van der Waals surface area contributed by atoms with Gasteiger partial charge >= 0.3 is 0 Å². The molecule has 6 heteroatoms. The number of hydrogen-bond acceptors (Lipinski definition) is 3. The number of aryl methyl sites for hydroxylation is 1. The maximum atomic E-state index is 13.1. The molecule has 0 aliphatic carbocycles. The van der Waals surface area contributed by atoms with Crippen molar-refractivity contribution in [2.45, 2.75) is 12.5 Å². The van der Waals surface area contributed by atoms with Crippen molar-refractivity contribution < 1.29 is 8.78 Å². The average Bonchev–Trinajstić information content (AvgIpc) is 2.77. The van der Waals surface area contributed by atoms with Gasteiger partial charge in [0.25, 0.3) is 0 Å². The molecule has 0 aliphatic heterocycles. The lowest BCUT2D eigenvalue weighted by atomic mass is 10.0. The lowest BCUT2D eigenvalue weighted by Crippen LogP contribution is -2.19. The Hall–Kier alpha value is -1.82. The number of nitrogens with one attached hydrogen (secondary N) is 1. The van der Waals surface area contributed by atoms with E-state index >= 15 is 0 Å². The van der Waals surface area contributed by atoms with Crippen LogP contribution >= 0.6 is 0 Å². The monoisotopic (exact) mass is 252 g/mol. The first-order valence-electron chi connectivity index (χ1n) is 5.57. The van der Waals surface area contributed by atoms with Crippen molar-refractivity contribution in [2.75, 3.05) is 7.05 Å². The summed E-state index contributed by atoms with van der Waals surface area (Å²) in [6.45, 7) is 0. The highest BCUT2D eigenvalue weighted by Gasteiger charge is 2.14. The summed E-state index contributed by atoms with van der Waals surface area (Å²) in [7, 11) is 3.52. The smallest absolute Gasteiger partial charge is 0.159 e. The first-order chi connectivity index (χ1) is 8.60. The number of likely N-dealkylation sites (N-methyl/N-ethyl adjacent to an activating group) is 1. The summed E-state index contributed by atoms with van der Waals surface area (Å²) in [5, 5.41) is 11.3. The molecule has 1 aromatic carbocycles. The highest BCUT2D eigenvalue weighted by Crippen LogP contribution is 2.17. The zero-order valence-corrected chi connectivity index (χ0v) is 10.2. The van der Waals surface area contributed by atoms with Crippen LogP contribution in [0.5, 0.6) is 0 Å². The van der Waals surface area contributed by atoms with Gasteiger partial charge in [-0.15, -0.1) is 0 Å². The second-order valence-electron chi connectivity index (χ2n) is 4.05. The van der Waals surface area contributed by atoms with Crippen molar-refractivity contribution >= 4 is 0 Å². The molecule has 0 spiro atoms. The highest BCUT2D eigenvalue weighted by molar-refractivity contribution is 5.20. The second-order valence-corrected chi connectivity index (χ2v) is 4.05. The summed E-state index contributed by atoms with van der Waals surface area (Å²) in [4.78, 5) is 1.46. The standard InChI is InChI=1S/C12H14F2N4/c1-15-11(12-7-16-18(2)17-12)6-8-3-4-9(13)10(14)5-8/h3-5,7,11,15H,6H2,1-2H3. The Labute approximate surface area is 104 Å². The van der Waals surface area contributed by atoms with Crippen molar-refractivity contribution in [3.63, 3.8) is 0 Å². The third-order valence-corrected chi connectivity index (χ3v) is 2.75. The predicted octanol–water partition coefficient (Wildman–Crippen LogP) is 1.60. The predicted molar refractivity (Wildman–Crippen MR) is 62.9 cm³/mol. The molecule has 1 unspecified atom stereocenters. The summed E-state index contributed by atoms with van der Waals surface area (Å²) in [5.74, 6) is -1.67. The van der Waals surface area contributed by atoms with Crippen molar-refractivity contribution in [3.8, 4) is 0 Å². The van der Waals surface area contributed by atoms with E-state index in [1.165, 1.54) is 10.9 Å². The number of aromatic nitrogens is 3. The van der Waals surface area contributed by atoms with Gasteiger partial charge in [0.2, 0.25) is 0 Å².